The zero-order chi connectivity index (χ0) is 15.5. The molecule has 4 nitrogen and oxygen atoms in total. The highest BCUT2D eigenvalue weighted by molar-refractivity contribution is 7.99. The minimum absolute atomic E-state index is 0.244. The van der Waals surface area contributed by atoms with Gasteiger partial charge in [0.2, 0.25) is 5.91 Å². The van der Waals surface area contributed by atoms with Gasteiger partial charge in [-0.05, 0) is 50.3 Å². The Morgan fingerprint density at radius 2 is 2.32 bits per heavy atom. The SMILES string of the molecule is CC[C@H]1CCCCN1C(=O)CSc1nc2ccc(C)cc2[nH]1. The number of hydrogen-bond donors (Lipinski definition) is 1. The standard InChI is InChI=1S/C17H23N3OS/c1-3-13-6-4-5-9-20(13)16(21)11-22-17-18-14-8-7-12(2)10-15(14)19-17/h7-8,10,13H,3-6,9,11H2,1-2H3,(H,18,19)/t13-/m0/s1. The smallest absolute Gasteiger partial charge is 0.233 e. The Labute approximate surface area is 135 Å². The van der Waals surface area contributed by atoms with Crippen molar-refractivity contribution in [2.24, 2.45) is 0 Å². The van der Waals surface area contributed by atoms with Gasteiger partial charge in [0, 0.05) is 12.6 Å². The number of benzene rings is 1. The van der Waals surface area contributed by atoms with Gasteiger partial charge in [0.1, 0.15) is 0 Å². The van der Waals surface area contributed by atoms with Crippen LogP contribution in [0.3, 0.4) is 0 Å². The average molecular weight is 317 g/mol. The van der Waals surface area contributed by atoms with Crippen molar-refractivity contribution < 1.29 is 4.79 Å². The number of aryl methyl sites for hydroxylation is 1. The van der Waals surface area contributed by atoms with E-state index in [9.17, 15) is 4.79 Å². The fraction of sp³-hybridized carbons (Fsp3) is 0.529. The Hall–Kier alpha value is -1.49. The Morgan fingerprint density at radius 1 is 1.45 bits per heavy atom. The van der Waals surface area contributed by atoms with E-state index in [2.05, 4.69) is 40.8 Å². The molecule has 0 spiro atoms. The van der Waals surface area contributed by atoms with Crippen molar-refractivity contribution in [2.75, 3.05) is 12.3 Å². The molecule has 3 rings (SSSR count). The summed E-state index contributed by atoms with van der Waals surface area (Å²) in [4.78, 5) is 22.4. The quantitative estimate of drug-likeness (QED) is 0.874. The maximum atomic E-state index is 12.5. The lowest BCUT2D eigenvalue weighted by Gasteiger charge is -2.35. The summed E-state index contributed by atoms with van der Waals surface area (Å²) in [6.45, 7) is 5.15. The van der Waals surface area contributed by atoms with Crippen molar-refractivity contribution in [1.29, 1.82) is 0 Å². The lowest BCUT2D eigenvalue weighted by atomic mass is 10.0. The van der Waals surface area contributed by atoms with E-state index in [0.29, 0.717) is 11.8 Å². The largest absolute Gasteiger partial charge is 0.339 e. The van der Waals surface area contributed by atoms with E-state index in [1.807, 2.05) is 6.07 Å². The van der Waals surface area contributed by atoms with E-state index in [1.54, 1.807) is 0 Å². The number of imidazole rings is 1. The number of carbonyl (C=O) groups excluding carboxylic acids is 1. The molecule has 0 aliphatic carbocycles. The van der Waals surface area contributed by atoms with Crippen LogP contribution in [0.25, 0.3) is 11.0 Å². The normalized spacial score (nSPS) is 18.8. The van der Waals surface area contributed by atoms with Crippen LogP contribution >= 0.6 is 11.8 Å². The number of aromatic amines is 1. The van der Waals surface area contributed by atoms with Crippen LogP contribution in [0.1, 0.15) is 38.2 Å². The van der Waals surface area contributed by atoms with Gasteiger partial charge in [-0.15, -0.1) is 0 Å². The topological polar surface area (TPSA) is 49.0 Å². The van der Waals surface area contributed by atoms with Crippen molar-refractivity contribution >= 4 is 28.7 Å². The lowest BCUT2D eigenvalue weighted by molar-refractivity contribution is -0.132. The number of fused-ring (bicyclic) bond motifs is 1. The first-order valence-electron chi connectivity index (χ1n) is 8.06. The minimum Gasteiger partial charge on any atom is -0.339 e. The predicted molar refractivity (Wildman–Crippen MR) is 91.2 cm³/mol. The summed E-state index contributed by atoms with van der Waals surface area (Å²) in [5, 5.41) is 0.832. The van der Waals surface area contributed by atoms with Crippen LogP contribution in [-0.4, -0.2) is 39.1 Å². The molecule has 1 aromatic carbocycles. The first-order chi connectivity index (χ1) is 10.7. The molecule has 1 amide bonds. The lowest BCUT2D eigenvalue weighted by Crippen LogP contribution is -2.44. The van der Waals surface area contributed by atoms with Gasteiger partial charge < -0.3 is 9.88 Å². The minimum atomic E-state index is 0.244. The van der Waals surface area contributed by atoms with Gasteiger partial charge in [-0.25, -0.2) is 4.98 Å². The van der Waals surface area contributed by atoms with Gasteiger partial charge in [0.25, 0.3) is 0 Å². The monoisotopic (exact) mass is 317 g/mol. The van der Waals surface area contributed by atoms with Gasteiger partial charge in [-0.3, -0.25) is 4.79 Å². The van der Waals surface area contributed by atoms with E-state index in [4.69, 9.17) is 0 Å². The second kappa shape index (κ2) is 6.73. The number of likely N-dealkylation sites (tertiary alicyclic amines) is 1. The zero-order valence-electron chi connectivity index (χ0n) is 13.3. The highest BCUT2D eigenvalue weighted by Crippen LogP contribution is 2.23. The zero-order valence-corrected chi connectivity index (χ0v) is 14.1. The molecular formula is C17H23N3OS. The molecule has 1 saturated heterocycles. The van der Waals surface area contributed by atoms with Crippen LogP contribution in [0.4, 0.5) is 0 Å². The molecule has 1 aliphatic rings. The van der Waals surface area contributed by atoms with Crippen LogP contribution in [0.5, 0.6) is 0 Å². The molecule has 0 saturated carbocycles. The number of nitrogens with zero attached hydrogens (tertiary/aromatic N) is 2. The molecule has 1 N–H and O–H groups in total. The first-order valence-corrected chi connectivity index (χ1v) is 9.04. The predicted octanol–water partition coefficient (Wildman–Crippen LogP) is 3.75. The van der Waals surface area contributed by atoms with Gasteiger partial charge in [0.15, 0.2) is 5.16 Å². The van der Waals surface area contributed by atoms with Crippen LogP contribution in [-0.2, 0) is 4.79 Å². The number of piperidine rings is 1. The molecule has 1 atom stereocenters. The van der Waals surface area contributed by atoms with Gasteiger partial charge >= 0.3 is 0 Å². The Morgan fingerprint density at radius 3 is 3.14 bits per heavy atom. The van der Waals surface area contributed by atoms with Gasteiger partial charge in [-0.1, -0.05) is 24.8 Å². The van der Waals surface area contributed by atoms with Crippen molar-refractivity contribution in [1.82, 2.24) is 14.9 Å². The third-order valence-electron chi connectivity index (χ3n) is 4.37. The van der Waals surface area contributed by atoms with Crippen LogP contribution < -0.4 is 0 Å². The number of thioether (sulfide) groups is 1. The summed E-state index contributed by atoms with van der Waals surface area (Å²) in [6.07, 6.45) is 4.59. The molecule has 1 aromatic heterocycles. The van der Waals surface area contributed by atoms with Gasteiger partial charge in [0.05, 0.1) is 16.8 Å². The molecule has 2 aromatic rings. The summed E-state index contributed by atoms with van der Waals surface area (Å²) in [7, 11) is 0. The second-order valence-electron chi connectivity index (χ2n) is 6.00. The molecule has 5 heteroatoms. The van der Waals surface area contributed by atoms with Crippen molar-refractivity contribution in [2.45, 2.75) is 50.7 Å². The molecule has 118 valence electrons. The van der Waals surface area contributed by atoms with E-state index in [-0.39, 0.29) is 5.91 Å². The number of hydrogen-bond acceptors (Lipinski definition) is 3. The maximum absolute atomic E-state index is 12.5. The number of carbonyl (C=O) groups is 1. The van der Waals surface area contributed by atoms with Crippen molar-refractivity contribution in [3.8, 4) is 0 Å². The summed E-state index contributed by atoms with van der Waals surface area (Å²) >= 11 is 1.51. The summed E-state index contributed by atoms with van der Waals surface area (Å²) < 4.78 is 0. The van der Waals surface area contributed by atoms with Crippen molar-refractivity contribution in [3.63, 3.8) is 0 Å². The highest BCUT2D eigenvalue weighted by Gasteiger charge is 2.25. The molecule has 0 bridgehead atoms. The second-order valence-corrected chi connectivity index (χ2v) is 6.96. The Kier molecular flexibility index (Phi) is 4.71. The molecule has 1 aliphatic heterocycles. The molecule has 0 radical (unpaired) electrons. The van der Waals surface area contributed by atoms with Crippen LogP contribution in [0.15, 0.2) is 23.4 Å². The molecule has 0 unspecified atom stereocenters. The molecule has 1 fully saturated rings. The highest BCUT2D eigenvalue weighted by atomic mass is 32.2. The summed E-state index contributed by atoms with van der Waals surface area (Å²) in [5.41, 5.74) is 3.21. The van der Waals surface area contributed by atoms with Crippen LogP contribution in [0, 0.1) is 6.92 Å². The number of aromatic nitrogens is 2. The van der Waals surface area contributed by atoms with E-state index in [1.165, 1.54) is 23.7 Å². The fourth-order valence-electron chi connectivity index (χ4n) is 3.13. The summed E-state index contributed by atoms with van der Waals surface area (Å²) in [5.74, 6) is 0.711. The fourth-order valence-corrected chi connectivity index (χ4v) is 3.91. The number of amides is 1. The molecule has 22 heavy (non-hydrogen) atoms. The number of rotatable bonds is 4. The maximum Gasteiger partial charge on any atom is 0.233 e. The van der Waals surface area contributed by atoms with Gasteiger partial charge in [-0.2, -0.15) is 0 Å². The van der Waals surface area contributed by atoms with Crippen molar-refractivity contribution in [3.05, 3.63) is 23.8 Å². The van der Waals surface area contributed by atoms with E-state index < -0.39 is 0 Å². The third kappa shape index (κ3) is 3.29. The molecule has 2 heterocycles. The number of nitrogens with one attached hydrogen (secondary N) is 1. The van der Waals surface area contributed by atoms with Crippen LogP contribution in [0.2, 0.25) is 0 Å². The third-order valence-corrected chi connectivity index (χ3v) is 5.22. The first kappa shape index (κ1) is 15.4. The van der Waals surface area contributed by atoms with E-state index >= 15 is 0 Å². The summed E-state index contributed by atoms with van der Waals surface area (Å²) in [6, 6.07) is 6.60. The Balaban J connectivity index is 1.64. The molecular weight excluding hydrogens is 294 g/mol. The van der Waals surface area contributed by atoms with E-state index in [0.717, 1.165) is 42.0 Å². The number of H-pyrrole nitrogens is 1. The Bertz CT molecular complexity index is 667. The average Bonchev–Trinajstić information content (AvgIpc) is 2.94.